The average molecular weight is 334 g/mol. The number of hydrogen-bond acceptors (Lipinski definition) is 1. The molecule has 1 fully saturated rings. The maximum Gasteiger partial charge on any atom is 0.251 e. The molecule has 1 aromatic heterocycles. The van der Waals surface area contributed by atoms with Gasteiger partial charge in [-0.15, -0.1) is 0 Å². The van der Waals surface area contributed by atoms with Crippen LogP contribution in [0, 0.1) is 0 Å². The lowest BCUT2D eigenvalue weighted by molar-refractivity contribution is 0.0954. The molecule has 130 valence electrons. The molecule has 1 N–H and O–H groups in total. The lowest BCUT2D eigenvalue weighted by Gasteiger charge is -2.25. The van der Waals surface area contributed by atoms with Crippen LogP contribution in [0.15, 0.2) is 42.5 Å². The molecule has 3 nitrogen and oxygen atoms in total. The number of para-hydroxylation sites is 1. The van der Waals surface area contributed by atoms with E-state index in [-0.39, 0.29) is 5.91 Å². The van der Waals surface area contributed by atoms with E-state index in [1.807, 2.05) is 6.07 Å². The number of carbonyl (C=O) groups is 1. The summed E-state index contributed by atoms with van der Waals surface area (Å²) >= 11 is 0. The molecule has 0 aliphatic heterocycles. The highest BCUT2D eigenvalue weighted by Crippen LogP contribution is 2.37. The molecule has 0 radical (unpaired) electrons. The molecule has 1 aliphatic rings. The molecule has 0 saturated heterocycles. The predicted molar refractivity (Wildman–Crippen MR) is 104 cm³/mol. The predicted octanol–water partition coefficient (Wildman–Crippen LogP) is 5.44. The first-order valence-electron chi connectivity index (χ1n) is 9.60. The van der Waals surface area contributed by atoms with Gasteiger partial charge in [0.15, 0.2) is 0 Å². The summed E-state index contributed by atoms with van der Waals surface area (Å²) in [6, 6.07) is 15.4. The highest BCUT2D eigenvalue weighted by molar-refractivity contribution is 6.10. The Morgan fingerprint density at radius 1 is 1.04 bits per heavy atom. The Hall–Kier alpha value is -2.29. The van der Waals surface area contributed by atoms with Gasteiger partial charge >= 0.3 is 0 Å². The van der Waals surface area contributed by atoms with Crippen molar-refractivity contribution in [3.63, 3.8) is 0 Å². The number of rotatable bonds is 4. The van der Waals surface area contributed by atoms with Crippen molar-refractivity contribution >= 4 is 27.7 Å². The van der Waals surface area contributed by atoms with E-state index in [0.717, 1.165) is 18.5 Å². The van der Waals surface area contributed by atoms with Gasteiger partial charge in [0.1, 0.15) is 0 Å². The zero-order valence-corrected chi connectivity index (χ0v) is 14.9. The van der Waals surface area contributed by atoms with E-state index in [2.05, 4.69) is 53.2 Å². The summed E-state index contributed by atoms with van der Waals surface area (Å²) in [5, 5.41) is 5.44. The third kappa shape index (κ3) is 2.92. The first-order chi connectivity index (χ1) is 12.3. The number of aromatic nitrogens is 1. The van der Waals surface area contributed by atoms with Gasteiger partial charge in [0.2, 0.25) is 0 Å². The van der Waals surface area contributed by atoms with Crippen molar-refractivity contribution in [2.45, 2.75) is 51.5 Å². The van der Waals surface area contributed by atoms with Gasteiger partial charge in [-0.05, 0) is 43.5 Å². The van der Waals surface area contributed by atoms with E-state index in [0.29, 0.717) is 6.04 Å². The maximum atomic E-state index is 12.4. The van der Waals surface area contributed by atoms with Crippen LogP contribution < -0.4 is 5.32 Å². The molecular weight excluding hydrogens is 308 g/mol. The number of amides is 1. The molecule has 0 atom stereocenters. The zero-order chi connectivity index (χ0) is 17.2. The van der Waals surface area contributed by atoms with Gasteiger partial charge < -0.3 is 9.88 Å². The fraction of sp³-hybridized carbons (Fsp3) is 0.409. The molecule has 0 bridgehead atoms. The Bertz CT molecular complexity index is 903. The minimum atomic E-state index is 0.0262. The van der Waals surface area contributed by atoms with Crippen molar-refractivity contribution in [3.8, 4) is 0 Å². The Morgan fingerprint density at radius 3 is 2.60 bits per heavy atom. The van der Waals surface area contributed by atoms with Crippen molar-refractivity contribution < 1.29 is 4.79 Å². The Balaban J connectivity index is 1.85. The molecule has 3 aromatic rings. The van der Waals surface area contributed by atoms with Crippen LogP contribution in [0.2, 0.25) is 0 Å². The van der Waals surface area contributed by atoms with E-state index in [4.69, 9.17) is 0 Å². The summed E-state index contributed by atoms with van der Waals surface area (Å²) in [4.78, 5) is 12.4. The first-order valence-corrected chi connectivity index (χ1v) is 9.60. The molecule has 4 rings (SSSR count). The summed E-state index contributed by atoms with van der Waals surface area (Å²) in [6.07, 6.45) is 7.45. The minimum Gasteiger partial charge on any atom is -0.352 e. The van der Waals surface area contributed by atoms with E-state index >= 15 is 0 Å². The first kappa shape index (κ1) is 16.2. The smallest absolute Gasteiger partial charge is 0.251 e. The highest BCUT2D eigenvalue weighted by Gasteiger charge is 2.21. The van der Waals surface area contributed by atoms with Gasteiger partial charge in [0, 0.05) is 40.0 Å². The summed E-state index contributed by atoms with van der Waals surface area (Å²) in [5.74, 6) is 0.0262. The van der Waals surface area contributed by atoms with Crippen LogP contribution in [-0.2, 0) is 0 Å². The van der Waals surface area contributed by atoms with E-state index in [1.165, 1.54) is 53.9 Å². The zero-order valence-electron chi connectivity index (χ0n) is 14.9. The molecule has 0 unspecified atom stereocenters. The van der Waals surface area contributed by atoms with E-state index < -0.39 is 0 Å². The fourth-order valence-electron chi connectivity index (χ4n) is 4.22. The van der Waals surface area contributed by atoms with Crippen LogP contribution in [-0.4, -0.2) is 17.0 Å². The summed E-state index contributed by atoms with van der Waals surface area (Å²) in [5.41, 5.74) is 3.32. The van der Waals surface area contributed by atoms with E-state index in [1.54, 1.807) is 0 Å². The van der Waals surface area contributed by atoms with Crippen LogP contribution in [0.1, 0.15) is 61.8 Å². The molecule has 25 heavy (non-hydrogen) atoms. The Morgan fingerprint density at radius 2 is 1.80 bits per heavy atom. The second-order valence-electron chi connectivity index (χ2n) is 7.17. The van der Waals surface area contributed by atoms with Gasteiger partial charge in [-0.25, -0.2) is 0 Å². The lowest BCUT2D eigenvalue weighted by atomic mass is 9.95. The number of nitrogens with one attached hydrogen (secondary N) is 1. The van der Waals surface area contributed by atoms with E-state index in [9.17, 15) is 4.79 Å². The molecule has 1 heterocycles. The van der Waals surface area contributed by atoms with Crippen LogP contribution >= 0.6 is 0 Å². The largest absolute Gasteiger partial charge is 0.352 e. The third-order valence-corrected chi connectivity index (χ3v) is 5.45. The molecule has 1 saturated carbocycles. The lowest BCUT2D eigenvalue weighted by Crippen LogP contribution is -2.23. The molecule has 1 aliphatic carbocycles. The monoisotopic (exact) mass is 334 g/mol. The average Bonchev–Trinajstić information content (AvgIpc) is 3.00. The van der Waals surface area contributed by atoms with Crippen molar-refractivity contribution in [1.82, 2.24) is 9.88 Å². The van der Waals surface area contributed by atoms with Crippen molar-refractivity contribution in [1.29, 1.82) is 0 Å². The van der Waals surface area contributed by atoms with Gasteiger partial charge in [0.05, 0.1) is 0 Å². The molecule has 3 heteroatoms. The van der Waals surface area contributed by atoms with Gasteiger partial charge in [0.25, 0.3) is 5.91 Å². The van der Waals surface area contributed by atoms with Crippen molar-refractivity contribution in [3.05, 3.63) is 48.0 Å². The number of benzene rings is 2. The number of hydrogen-bond donors (Lipinski definition) is 1. The topological polar surface area (TPSA) is 34.0 Å². The van der Waals surface area contributed by atoms with Crippen molar-refractivity contribution in [2.24, 2.45) is 0 Å². The van der Waals surface area contributed by atoms with Gasteiger partial charge in [-0.1, -0.05) is 44.4 Å². The van der Waals surface area contributed by atoms with Crippen molar-refractivity contribution in [2.75, 3.05) is 6.54 Å². The molecule has 1 amide bonds. The number of carbonyl (C=O) groups excluding carboxylic acids is 1. The number of nitrogens with zero attached hydrogens (tertiary/aromatic N) is 1. The molecule has 2 aromatic carbocycles. The Labute approximate surface area is 149 Å². The van der Waals surface area contributed by atoms with Crippen LogP contribution in [0.5, 0.6) is 0 Å². The number of fused-ring (bicyclic) bond motifs is 3. The second kappa shape index (κ2) is 6.91. The highest BCUT2D eigenvalue weighted by atomic mass is 16.1. The summed E-state index contributed by atoms with van der Waals surface area (Å²) < 4.78 is 2.53. The van der Waals surface area contributed by atoms with Crippen LogP contribution in [0.25, 0.3) is 21.8 Å². The SMILES string of the molecule is CCCNC(=O)c1ccc2c(c1)c1ccccc1n2C1CCCCC1. The second-order valence-corrected chi connectivity index (χ2v) is 7.17. The van der Waals surface area contributed by atoms with Gasteiger partial charge in [-0.2, -0.15) is 0 Å². The fourth-order valence-corrected chi connectivity index (χ4v) is 4.22. The summed E-state index contributed by atoms with van der Waals surface area (Å²) in [6.45, 7) is 2.79. The third-order valence-electron chi connectivity index (χ3n) is 5.45. The van der Waals surface area contributed by atoms with Gasteiger partial charge in [-0.3, -0.25) is 4.79 Å². The van der Waals surface area contributed by atoms with Crippen LogP contribution in [0.4, 0.5) is 0 Å². The minimum absolute atomic E-state index is 0.0262. The molecule has 0 spiro atoms. The standard InChI is InChI=1S/C22H26N2O/c1-2-14-23-22(25)16-12-13-21-19(15-16)18-10-6-7-11-20(18)24(21)17-8-4-3-5-9-17/h6-7,10-13,15,17H,2-5,8-9,14H2,1H3,(H,23,25). The molecular formula is C22H26N2O. The summed E-state index contributed by atoms with van der Waals surface area (Å²) in [7, 11) is 0. The van der Waals surface area contributed by atoms with Crippen LogP contribution in [0.3, 0.4) is 0 Å². The normalized spacial score (nSPS) is 15.7. The maximum absolute atomic E-state index is 12.4. The quantitative estimate of drug-likeness (QED) is 0.677. The Kier molecular flexibility index (Phi) is 4.48.